The largest absolute Gasteiger partial charge is 0.324 e. The van der Waals surface area contributed by atoms with E-state index in [9.17, 15) is 19.2 Å². The maximum absolute atomic E-state index is 13.0. The van der Waals surface area contributed by atoms with Crippen LogP contribution in [0.2, 0.25) is 10.0 Å². The van der Waals surface area contributed by atoms with Crippen LogP contribution in [-0.4, -0.2) is 46.4 Å². The number of urea groups is 1. The number of carbonyl (C=O) groups is 4. The third-order valence-electron chi connectivity index (χ3n) is 5.78. The zero-order valence-electron chi connectivity index (χ0n) is 17.4. The standard InChI is InChI=1S/C23H21Cl2N3O4/c1-27(23(32)26-16-8-14(24)7-15(25)9-16)11-13-3-2-4-18-19(13)12-28(22(18)31)20-6-5-17(29)10-21(20)30/h2-4,7-9,20H,5-6,10-12H2,1H3,(H,26,32). The van der Waals surface area contributed by atoms with E-state index in [0.29, 0.717) is 34.1 Å². The third kappa shape index (κ3) is 4.49. The minimum absolute atomic E-state index is 0.0790. The summed E-state index contributed by atoms with van der Waals surface area (Å²) in [4.78, 5) is 52.6. The molecule has 0 bridgehead atoms. The fraction of sp³-hybridized carbons (Fsp3) is 0.304. The van der Waals surface area contributed by atoms with Crippen LogP contribution in [0.1, 0.15) is 40.7 Å². The average molecular weight is 474 g/mol. The molecule has 1 fully saturated rings. The summed E-state index contributed by atoms with van der Waals surface area (Å²) in [6.07, 6.45) is 0.547. The molecule has 166 valence electrons. The molecule has 32 heavy (non-hydrogen) atoms. The summed E-state index contributed by atoms with van der Waals surface area (Å²) in [6, 6.07) is 9.20. The number of anilines is 1. The van der Waals surface area contributed by atoms with E-state index < -0.39 is 6.04 Å². The van der Waals surface area contributed by atoms with E-state index in [-0.39, 0.29) is 43.0 Å². The molecule has 2 aliphatic rings. The normalized spacial score (nSPS) is 18.0. The van der Waals surface area contributed by atoms with Gasteiger partial charge in [-0.1, -0.05) is 35.3 Å². The molecule has 7 nitrogen and oxygen atoms in total. The minimum atomic E-state index is -0.575. The third-order valence-corrected chi connectivity index (χ3v) is 6.21. The van der Waals surface area contributed by atoms with Crippen LogP contribution in [0.15, 0.2) is 36.4 Å². The zero-order chi connectivity index (χ0) is 23.0. The van der Waals surface area contributed by atoms with Crippen LogP contribution in [0, 0.1) is 0 Å². The van der Waals surface area contributed by atoms with Crippen molar-refractivity contribution < 1.29 is 19.2 Å². The van der Waals surface area contributed by atoms with Gasteiger partial charge >= 0.3 is 6.03 Å². The van der Waals surface area contributed by atoms with Crippen molar-refractivity contribution in [2.24, 2.45) is 0 Å². The van der Waals surface area contributed by atoms with Gasteiger partial charge in [0.2, 0.25) is 0 Å². The lowest BCUT2D eigenvalue weighted by molar-refractivity contribution is -0.133. The summed E-state index contributed by atoms with van der Waals surface area (Å²) >= 11 is 12.0. The van der Waals surface area contributed by atoms with Gasteiger partial charge in [-0.05, 0) is 41.8 Å². The lowest BCUT2D eigenvalue weighted by Gasteiger charge is -2.29. The first-order valence-corrected chi connectivity index (χ1v) is 10.9. The summed E-state index contributed by atoms with van der Waals surface area (Å²) in [5.41, 5.74) is 2.62. The Morgan fingerprint density at radius 1 is 1.16 bits per heavy atom. The molecule has 9 heteroatoms. The van der Waals surface area contributed by atoms with Gasteiger partial charge in [-0.25, -0.2) is 4.79 Å². The number of halogens is 2. The van der Waals surface area contributed by atoms with Gasteiger partial charge in [0, 0.05) is 47.9 Å². The second kappa shape index (κ2) is 8.92. The number of Topliss-reactive ketones (excluding diaryl/α,β-unsaturated/α-hetero) is 2. The smallest absolute Gasteiger partial charge is 0.321 e. The molecule has 1 atom stereocenters. The Bertz CT molecular complexity index is 1110. The molecule has 1 aliphatic heterocycles. The van der Waals surface area contributed by atoms with E-state index in [1.54, 1.807) is 42.3 Å². The Balaban J connectivity index is 1.49. The van der Waals surface area contributed by atoms with E-state index in [0.717, 1.165) is 11.1 Å². The molecular weight excluding hydrogens is 453 g/mol. The van der Waals surface area contributed by atoms with Gasteiger partial charge in [0.05, 0.1) is 12.5 Å². The number of nitrogens with one attached hydrogen (secondary N) is 1. The monoisotopic (exact) mass is 473 g/mol. The Hall–Kier alpha value is -2.90. The van der Waals surface area contributed by atoms with Gasteiger partial charge < -0.3 is 15.1 Å². The topological polar surface area (TPSA) is 86.8 Å². The molecule has 4 rings (SSSR count). The van der Waals surface area contributed by atoms with Crippen molar-refractivity contribution >= 4 is 52.4 Å². The van der Waals surface area contributed by atoms with E-state index in [1.165, 1.54) is 4.90 Å². The van der Waals surface area contributed by atoms with Crippen LogP contribution in [0.25, 0.3) is 0 Å². The van der Waals surface area contributed by atoms with Crippen molar-refractivity contribution in [2.45, 2.75) is 38.4 Å². The highest BCUT2D eigenvalue weighted by Gasteiger charge is 2.39. The summed E-state index contributed by atoms with van der Waals surface area (Å²) in [5.74, 6) is -0.499. The van der Waals surface area contributed by atoms with Crippen molar-refractivity contribution in [1.82, 2.24) is 9.80 Å². The fourth-order valence-corrected chi connectivity index (χ4v) is 4.71. The van der Waals surface area contributed by atoms with Crippen LogP contribution in [0.3, 0.4) is 0 Å². The summed E-state index contributed by atoms with van der Waals surface area (Å²) in [6.45, 7) is 0.551. The number of ketones is 2. The highest BCUT2D eigenvalue weighted by molar-refractivity contribution is 6.35. The molecule has 1 aliphatic carbocycles. The Morgan fingerprint density at radius 2 is 1.88 bits per heavy atom. The molecule has 1 unspecified atom stereocenters. The molecule has 0 radical (unpaired) electrons. The number of nitrogens with zero attached hydrogens (tertiary/aromatic N) is 2. The molecule has 3 amide bonds. The van der Waals surface area contributed by atoms with Crippen LogP contribution in [0.4, 0.5) is 10.5 Å². The van der Waals surface area contributed by atoms with Crippen LogP contribution < -0.4 is 5.32 Å². The number of hydrogen-bond acceptors (Lipinski definition) is 4. The Morgan fingerprint density at radius 3 is 2.56 bits per heavy atom. The lowest BCUT2D eigenvalue weighted by atomic mass is 9.92. The highest BCUT2D eigenvalue weighted by Crippen LogP contribution is 2.31. The quantitative estimate of drug-likeness (QED) is 0.670. The molecule has 1 heterocycles. The van der Waals surface area contributed by atoms with Crippen molar-refractivity contribution in [3.63, 3.8) is 0 Å². The first kappa shape index (κ1) is 22.3. The van der Waals surface area contributed by atoms with Crippen molar-refractivity contribution in [3.05, 3.63) is 63.1 Å². The van der Waals surface area contributed by atoms with Crippen LogP contribution in [0.5, 0.6) is 0 Å². The van der Waals surface area contributed by atoms with E-state index >= 15 is 0 Å². The average Bonchev–Trinajstić information content (AvgIpc) is 3.05. The highest BCUT2D eigenvalue weighted by atomic mass is 35.5. The van der Waals surface area contributed by atoms with E-state index in [4.69, 9.17) is 23.2 Å². The van der Waals surface area contributed by atoms with Gasteiger partial charge in [-0.3, -0.25) is 14.4 Å². The first-order valence-electron chi connectivity index (χ1n) is 10.2. The van der Waals surface area contributed by atoms with Crippen molar-refractivity contribution in [1.29, 1.82) is 0 Å². The maximum Gasteiger partial charge on any atom is 0.321 e. The minimum Gasteiger partial charge on any atom is -0.324 e. The van der Waals surface area contributed by atoms with Gasteiger partial charge in [-0.2, -0.15) is 0 Å². The molecule has 0 saturated heterocycles. The van der Waals surface area contributed by atoms with Crippen LogP contribution in [-0.2, 0) is 22.7 Å². The van der Waals surface area contributed by atoms with Gasteiger partial charge in [-0.15, -0.1) is 0 Å². The molecule has 2 aromatic rings. The van der Waals surface area contributed by atoms with Crippen molar-refractivity contribution in [2.75, 3.05) is 12.4 Å². The summed E-state index contributed by atoms with van der Waals surface area (Å²) < 4.78 is 0. The Labute approximate surface area is 195 Å². The van der Waals surface area contributed by atoms with Gasteiger partial charge in [0.1, 0.15) is 5.78 Å². The van der Waals surface area contributed by atoms with E-state index in [2.05, 4.69) is 5.32 Å². The number of carbonyl (C=O) groups excluding carboxylic acids is 4. The van der Waals surface area contributed by atoms with Crippen LogP contribution >= 0.6 is 23.2 Å². The molecule has 2 aromatic carbocycles. The zero-order valence-corrected chi connectivity index (χ0v) is 18.9. The summed E-state index contributed by atoms with van der Waals surface area (Å²) in [7, 11) is 1.64. The molecule has 0 spiro atoms. The SMILES string of the molecule is CN(Cc1cccc2c1CN(C1CCC(=O)CC1=O)C2=O)C(=O)Nc1cc(Cl)cc(Cl)c1. The fourth-order valence-electron chi connectivity index (χ4n) is 4.18. The number of fused-ring (bicyclic) bond motifs is 1. The first-order chi connectivity index (χ1) is 15.2. The van der Waals surface area contributed by atoms with Crippen molar-refractivity contribution in [3.8, 4) is 0 Å². The van der Waals surface area contributed by atoms with Gasteiger partial charge in [0.15, 0.2) is 5.78 Å². The lowest BCUT2D eigenvalue weighted by Crippen LogP contribution is -2.44. The number of hydrogen-bond donors (Lipinski definition) is 1. The predicted molar refractivity (Wildman–Crippen MR) is 121 cm³/mol. The second-order valence-corrected chi connectivity index (χ2v) is 8.93. The number of rotatable bonds is 4. The number of amides is 3. The molecule has 1 saturated carbocycles. The molecular formula is C23H21Cl2N3O4. The second-order valence-electron chi connectivity index (χ2n) is 8.06. The Kier molecular flexibility index (Phi) is 6.22. The molecule has 0 aromatic heterocycles. The van der Waals surface area contributed by atoms with Gasteiger partial charge in [0.25, 0.3) is 5.91 Å². The predicted octanol–water partition coefficient (Wildman–Crippen LogP) is 4.30. The maximum atomic E-state index is 13.0. The summed E-state index contributed by atoms with van der Waals surface area (Å²) in [5, 5.41) is 3.58. The van der Waals surface area contributed by atoms with E-state index in [1.807, 2.05) is 6.07 Å². The number of benzene rings is 2. The molecule has 1 N–H and O–H groups in total.